The molecule has 1 amide bonds. The van der Waals surface area contributed by atoms with Gasteiger partial charge in [-0.15, -0.1) is 11.3 Å². The Balaban J connectivity index is 1.51. The summed E-state index contributed by atoms with van der Waals surface area (Å²) in [5, 5.41) is 5.13. The second kappa shape index (κ2) is 6.74. The number of benzene rings is 1. The largest absolute Gasteiger partial charge is 0.486 e. The highest BCUT2D eigenvalue weighted by Gasteiger charge is 2.14. The van der Waals surface area contributed by atoms with E-state index in [2.05, 4.69) is 15.3 Å². The third-order valence-corrected chi connectivity index (χ3v) is 4.26. The number of nitrogens with one attached hydrogen (secondary N) is 1. The van der Waals surface area contributed by atoms with Gasteiger partial charge in [0.2, 0.25) is 0 Å². The molecule has 0 aliphatic rings. The third kappa shape index (κ3) is 3.36. The molecule has 0 spiro atoms. The molecule has 0 saturated carbocycles. The Kier molecular flexibility index (Phi) is 4.14. The van der Waals surface area contributed by atoms with E-state index in [4.69, 9.17) is 4.74 Å². The number of rotatable bonds is 5. The Morgan fingerprint density at radius 2 is 2.08 bits per heavy atom. The monoisotopic (exact) mass is 350 g/mol. The van der Waals surface area contributed by atoms with Crippen LogP contribution in [0.25, 0.3) is 5.65 Å². The molecule has 0 atom stereocenters. The number of pyridine rings is 1. The molecule has 3 aromatic heterocycles. The molecular weight excluding hydrogens is 336 g/mol. The van der Waals surface area contributed by atoms with Crippen molar-refractivity contribution in [3.05, 3.63) is 77.7 Å². The number of hydrogen-bond acceptors (Lipinski definition) is 5. The van der Waals surface area contributed by atoms with Crippen LogP contribution in [0.2, 0.25) is 0 Å². The molecule has 1 N–H and O–H groups in total. The van der Waals surface area contributed by atoms with E-state index in [9.17, 15) is 4.79 Å². The Morgan fingerprint density at radius 1 is 1.20 bits per heavy atom. The number of anilines is 1. The number of thiazole rings is 1. The normalized spacial score (nSPS) is 10.7. The van der Waals surface area contributed by atoms with Crippen LogP contribution in [0.3, 0.4) is 0 Å². The van der Waals surface area contributed by atoms with E-state index in [0.29, 0.717) is 16.4 Å². The Bertz CT molecular complexity index is 978. The van der Waals surface area contributed by atoms with Gasteiger partial charge < -0.3 is 9.14 Å². The van der Waals surface area contributed by atoms with E-state index in [1.165, 1.54) is 11.3 Å². The quantitative estimate of drug-likeness (QED) is 0.597. The number of amides is 1. The van der Waals surface area contributed by atoms with E-state index < -0.39 is 0 Å². The van der Waals surface area contributed by atoms with Gasteiger partial charge in [0.1, 0.15) is 18.0 Å². The highest BCUT2D eigenvalue weighted by molar-refractivity contribution is 7.13. The second-order valence-electron chi connectivity index (χ2n) is 5.27. The summed E-state index contributed by atoms with van der Waals surface area (Å²) in [6.07, 6.45) is 5.49. The maximum Gasteiger partial charge on any atom is 0.261 e. The first-order valence-corrected chi connectivity index (χ1v) is 8.53. The first kappa shape index (κ1) is 15.3. The van der Waals surface area contributed by atoms with Gasteiger partial charge in [0.05, 0.1) is 11.3 Å². The summed E-state index contributed by atoms with van der Waals surface area (Å²) in [5.41, 5.74) is 2.11. The smallest absolute Gasteiger partial charge is 0.261 e. The molecule has 4 aromatic rings. The van der Waals surface area contributed by atoms with Gasteiger partial charge in [-0.05, 0) is 24.3 Å². The van der Waals surface area contributed by atoms with Gasteiger partial charge in [0.25, 0.3) is 5.91 Å². The van der Waals surface area contributed by atoms with E-state index in [-0.39, 0.29) is 12.5 Å². The van der Waals surface area contributed by atoms with Crippen LogP contribution in [-0.2, 0) is 6.61 Å². The average molecular weight is 350 g/mol. The zero-order valence-electron chi connectivity index (χ0n) is 13.1. The second-order valence-corrected chi connectivity index (χ2v) is 6.17. The predicted octanol–water partition coefficient (Wildman–Crippen LogP) is 3.62. The fourth-order valence-electron chi connectivity index (χ4n) is 2.44. The van der Waals surface area contributed by atoms with Gasteiger partial charge in [-0.1, -0.05) is 18.2 Å². The number of carbonyl (C=O) groups excluding carboxylic acids is 1. The maximum absolute atomic E-state index is 12.4. The molecule has 1 aromatic carbocycles. The lowest BCUT2D eigenvalue weighted by atomic mass is 10.2. The van der Waals surface area contributed by atoms with Gasteiger partial charge in [0.15, 0.2) is 5.13 Å². The van der Waals surface area contributed by atoms with Crippen LogP contribution in [0, 0.1) is 0 Å². The minimum Gasteiger partial charge on any atom is -0.486 e. The SMILES string of the molecule is O=C(Nc1nccs1)c1ccccc1OCc1cn2ccccc2n1. The molecule has 0 fully saturated rings. The number of ether oxygens (including phenoxy) is 1. The van der Waals surface area contributed by atoms with Crippen molar-refractivity contribution in [2.75, 3.05) is 5.32 Å². The van der Waals surface area contributed by atoms with Gasteiger partial charge in [-0.3, -0.25) is 10.1 Å². The van der Waals surface area contributed by atoms with Crippen LogP contribution in [0.1, 0.15) is 16.1 Å². The molecular formula is C18H14N4O2S. The summed E-state index contributed by atoms with van der Waals surface area (Å²) in [6.45, 7) is 0.281. The van der Waals surface area contributed by atoms with Crippen LogP contribution in [-0.4, -0.2) is 20.3 Å². The average Bonchev–Trinajstić information content (AvgIpc) is 3.29. The summed E-state index contributed by atoms with van der Waals surface area (Å²) in [7, 11) is 0. The number of fused-ring (bicyclic) bond motifs is 1. The molecule has 124 valence electrons. The summed E-state index contributed by atoms with van der Waals surface area (Å²) >= 11 is 1.37. The van der Waals surface area contributed by atoms with Crippen LogP contribution in [0.15, 0.2) is 66.4 Å². The van der Waals surface area contributed by atoms with Crippen molar-refractivity contribution in [1.29, 1.82) is 0 Å². The zero-order valence-corrected chi connectivity index (χ0v) is 13.9. The molecule has 7 heteroatoms. The number of imidazole rings is 1. The summed E-state index contributed by atoms with van der Waals surface area (Å²) in [6, 6.07) is 12.9. The molecule has 25 heavy (non-hydrogen) atoms. The van der Waals surface area contributed by atoms with Crippen molar-refractivity contribution in [2.24, 2.45) is 0 Å². The summed E-state index contributed by atoms with van der Waals surface area (Å²) < 4.78 is 7.77. The van der Waals surface area contributed by atoms with Gasteiger partial charge in [-0.2, -0.15) is 0 Å². The lowest BCUT2D eigenvalue weighted by Crippen LogP contribution is -2.13. The molecule has 3 heterocycles. The minimum atomic E-state index is -0.249. The molecule has 0 bridgehead atoms. The molecule has 0 radical (unpaired) electrons. The van der Waals surface area contributed by atoms with Gasteiger partial charge in [-0.25, -0.2) is 9.97 Å². The number of hydrogen-bond donors (Lipinski definition) is 1. The molecule has 6 nitrogen and oxygen atoms in total. The summed E-state index contributed by atoms with van der Waals surface area (Å²) in [5.74, 6) is 0.258. The number of carbonyl (C=O) groups is 1. The van der Waals surface area contributed by atoms with Crippen molar-refractivity contribution in [1.82, 2.24) is 14.4 Å². The lowest BCUT2D eigenvalue weighted by Gasteiger charge is -2.09. The highest BCUT2D eigenvalue weighted by Crippen LogP contribution is 2.21. The van der Waals surface area contributed by atoms with Crippen molar-refractivity contribution < 1.29 is 9.53 Å². The zero-order chi connectivity index (χ0) is 17.1. The number of nitrogens with zero attached hydrogens (tertiary/aromatic N) is 3. The molecule has 0 aliphatic heterocycles. The Morgan fingerprint density at radius 3 is 2.92 bits per heavy atom. The van der Waals surface area contributed by atoms with Crippen LogP contribution >= 0.6 is 11.3 Å². The van der Waals surface area contributed by atoms with Crippen LogP contribution < -0.4 is 10.1 Å². The predicted molar refractivity (Wildman–Crippen MR) is 96.0 cm³/mol. The van der Waals surface area contributed by atoms with Crippen molar-refractivity contribution >= 4 is 28.0 Å². The Hall–Kier alpha value is -3.19. The van der Waals surface area contributed by atoms with E-state index in [1.54, 1.807) is 29.8 Å². The van der Waals surface area contributed by atoms with Crippen molar-refractivity contribution in [3.8, 4) is 5.75 Å². The van der Waals surface area contributed by atoms with Crippen LogP contribution in [0.5, 0.6) is 5.75 Å². The van der Waals surface area contributed by atoms with E-state index in [0.717, 1.165) is 11.3 Å². The first-order valence-electron chi connectivity index (χ1n) is 7.65. The van der Waals surface area contributed by atoms with Crippen LogP contribution in [0.4, 0.5) is 5.13 Å². The first-order chi connectivity index (χ1) is 12.3. The molecule has 0 saturated heterocycles. The third-order valence-electron chi connectivity index (χ3n) is 3.57. The van der Waals surface area contributed by atoms with Crippen molar-refractivity contribution in [3.63, 3.8) is 0 Å². The standard InChI is InChI=1S/C18H14N4O2S/c23-17(21-18-19-8-10-25-18)14-5-1-2-6-15(14)24-12-13-11-22-9-4-3-7-16(22)20-13/h1-11H,12H2,(H,19,21,23). The van der Waals surface area contributed by atoms with Gasteiger partial charge in [0, 0.05) is 24.0 Å². The molecule has 4 rings (SSSR count). The lowest BCUT2D eigenvalue weighted by molar-refractivity contribution is 0.102. The number of para-hydroxylation sites is 1. The maximum atomic E-state index is 12.4. The fraction of sp³-hybridized carbons (Fsp3) is 0.0556. The molecule has 0 aliphatic carbocycles. The van der Waals surface area contributed by atoms with E-state index >= 15 is 0 Å². The number of aromatic nitrogens is 3. The van der Waals surface area contributed by atoms with Crippen molar-refractivity contribution in [2.45, 2.75) is 6.61 Å². The van der Waals surface area contributed by atoms with Gasteiger partial charge >= 0.3 is 0 Å². The minimum absolute atomic E-state index is 0.249. The molecule has 0 unspecified atom stereocenters. The van der Waals surface area contributed by atoms with E-state index in [1.807, 2.05) is 41.1 Å². The Labute approximate surface area is 147 Å². The summed E-state index contributed by atoms with van der Waals surface area (Å²) in [4.78, 5) is 21.0. The highest BCUT2D eigenvalue weighted by atomic mass is 32.1. The topological polar surface area (TPSA) is 68.5 Å². The fourth-order valence-corrected chi connectivity index (χ4v) is 2.96.